The molecule has 0 aliphatic heterocycles. The number of hydrogen-bond acceptors (Lipinski definition) is 5. The van der Waals surface area contributed by atoms with Gasteiger partial charge in [-0.25, -0.2) is 4.79 Å². The van der Waals surface area contributed by atoms with Gasteiger partial charge in [0.05, 0.1) is 13.2 Å². The standard InChI is InChI=1S/C12H15N3O5/c13-8-3-1-7(2-4-8)11(18)14-5-10(17)15-9(6-16)12(19)20/h1-4,9,16H,5-6,13H2,(H,14,18)(H,15,17)(H,19,20). The maximum Gasteiger partial charge on any atom is 0.328 e. The Bertz CT molecular complexity index is 500. The summed E-state index contributed by atoms with van der Waals surface area (Å²) in [6.07, 6.45) is 0. The Morgan fingerprint density at radius 2 is 1.80 bits per heavy atom. The molecule has 1 unspecified atom stereocenters. The average molecular weight is 281 g/mol. The fourth-order valence-corrected chi connectivity index (χ4v) is 1.33. The number of nitrogens with two attached hydrogens (primary N) is 1. The molecule has 1 rings (SSSR count). The number of carbonyl (C=O) groups excluding carboxylic acids is 2. The van der Waals surface area contributed by atoms with E-state index >= 15 is 0 Å². The predicted octanol–water partition coefficient (Wildman–Crippen LogP) is -1.44. The highest BCUT2D eigenvalue weighted by molar-refractivity contribution is 5.97. The van der Waals surface area contributed by atoms with Gasteiger partial charge in [-0.05, 0) is 24.3 Å². The second-order valence-electron chi connectivity index (χ2n) is 3.95. The van der Waals surface area contributed by atoms with Crippen molar-refractivity contribution in [3.8, 4) is 0 Å². The summed E-state index contributed by atoms with van der Waals surface area (Å²) >= 11 is 0. The lowest BCUT2D eigenvalue weighted by Gasteiger charge is -2.12. The fourth-order valence-electron chi connectivity index (χ4n) is 1.33. The quantitative estimate of drug-likeness (QED) is 0.404. The highest BCUT2D eigenvalue weighted by atomic mass is 16.4. The van der Waals surface area contributed by atoms with Crippen LogP contribution in [0.1, 0.15) is 10.4 Å². The molecule has 6 N–H and O–H groups in total. The van der Waals surface area contributed by atoms with Crippen molar-refractivity contribution in [1.29, 1.82) is 0 Å². The first-order valence-electron chi connectivity index (χ1n) is 5.70. The lowest BCUT2D eigenvalue weighted by atomic mass is 10.2. The molecule has 0 aromatic heterocycles. The van der Waals surface area contributed by atoms with Gasteiger partial charge in [0.25, 0.3) is 5.91 Å². The first kappa shape index (κ1) is 15.4. The molecule has 0 spiro atoms. The van der Waals surface area contributed by atoms with Gasteiger partial charge in [0.1, 0.15) is 6.04 Å². The summed E-state index contributed by atoms with van der Waals surface area (Å²) in [6, 6.07) is 4.69. The number of carbonyl (C=O) groups is 3. The van der Waals surface area contributed by atoms with Gasteiger partial charge in [0.15, 0.2) is 0 Å². The summed E-state index contributed by atoms with van der Waals surface area (Å²) in [4.78, 5) is 33.6. The largest absolute Gasteiger partial charge is 0.480 e. The highest BCUT2D eigenvalue weighted by Crippen LogP contribution is 2.04. The molecule has 8 nitrogen and oxygen atoms in total. The van der Waals surface area contributed by atoms with Gasteiger partial charge in [-0.1, -0.05) is 0 Å². The third-order valence-corrected chi connectivity index (χ3v) is 2.40. The van der Waals surface area contributed by atoms with Crippen molar-refractivity contribution in [2.75, 3.05) is 18.9 Å². The summed E-state index contributed by atoms with van der Waals surface area (Å²) in [6.45, 7) is -1.13. The van der Waals surface area contributed by atoms with E-state index in [2.05, 4.69) is 10.6 Å². The Hall–Kier alpha value is -2.61. The Morgan fingerprint density at radius 3 is 2.30 bits per heavy atom. The van der Waals surface area contributed by atoms with Crippen LogP contribution in [0.15, 0.2) is 24.3 Å². The lowest BCUT2D eigenvalue weighted by Crippen LogP contribution is -2.47. The normalized spacial score (nSPS) is 11.4. The van der Waals surface area contributed by atoms with Gasteiger partial charge in [-0.3, -0.25) is 9.59 Å². The van der Waals surface area contributed by atoms with Gasteiger partial charge in [-0.15, -0.1) is 0 Å². The summed E-state index contributed by atoms with van der Waals surface area (Å²) in [7, 11) is 0. The molecule has 1 atom stereocenters. The molecule has 8 heteroatoms. The number of benzene rings is 1. The van der Waals surface area contributed by atoms with Crippen molar-refractivity contribution in [2.45, 2.75) is 6.04 Å². The minimum Gasteiger partial charge on any atom is -0.480 e. The zero-order valence-corrected chi connectivity index (χ0v) is 10.5. The number of aliphatic carboxylic acids is 1. The summed E-state index contributed by atoms with van der Waals surface area (Å²) in [5.74, 6) is -2.56. The van der Waals surface area contributed by atoms with Crippen molar-refractivity contribution < 1.29 is 24.6 Å². The van der Waals surface area contributed by atoms with Crippen LogP contribution in [0.2, 0.25) is 0 Å². The smallest absolute Gasteiger partial charge is 0.328 e. The van der Waals surface area contributed by atoms with E-state index in [-0.39, 0.29) is 0 Å². The van der Waals surface area contributed by atoms with Crippen LogP contribution in [-0.2, 0) is 9.59 Å². The molecule has 1 aromatic carbocycles. The van der Waals surface area contributed by atoms with Gasteiger partial charge >= 0.3 is 5.97 Å². The molecule has 0 fully saturated rings. The Kier molecular flexibility index (Phi) is 5.48. The topological polar surface area (TPSA) is 142 Å². The number of rotatable bonds is 6. The summed E-state index contributed by atoms with van der Waals surface area (Å²) in [5.41, 5.74) is 6.30. The molecular formula is C12H15N3O5. The van der Waals surface area contributed by atoms with Gasteiger partial charge in [-0.2, -0.15) is 0 Å². The molecule has 2 amide bonds. The molecule has 0 bridgehead atoms. The SMILES string of the molecule is Nc1ccc(C(=O)NCC(=O)NC(CO)C(=O)O)cc1. The van der Waals surface area contributed by atoms with E-state index in [9.17, 15) is 14.4 Å². The lowest BCUT2D eigenvalue weighted by molar-refractivity contribution is -0.142. The van der Waals surface area contributed by atoms with Crippen LogP contribution in [0, 0.1) is 0 Å². The second-order valence-corrected chi connectivity index (χ2v) is 3.95. The van der Waals surface area contributed by atoms with Crippen LogP contribution >= 0.6 is 0 Å². The average Bonchev–Trinajstić information content (AvgIpc) is 2.42. The minimum atomic E-state index is -1.39. The van der Waals surface area contributed by atoms with Crippen LogP contribution in [0.4, 0.5) is 5.69 Å². The van der Waals surface area contributed by atoms with E-state index in [1.165, 1.54) is 12.1 Å². The molecule has 0 radical (unpaired) electrons. The molecule has 1 aromatic rings. The van der Waals surface area contributed by atoms with Crippen LogP contribution < -0.4 is 16.4 Å². The molecule has 0 aliphatic rings. The van der Waals surface area contributed by atoms with E-state index in [0.29, 0.717) is 11.3 Å². The van der Waals surface area contributed by atoms with Crippen molar-refractivity contribution in [2.24, 2.45) is 0 Å². The van der Waals surface area contributed by atoms with Crippen LogP contribution in [-0.4, -0.2) is 47.2 Å². The predicted molar refractivity (Wildman–Crippen MR) is 69.8 cm³/mol. The number of nitrogens with one attached hydrogen (secondary N) is 2. The first-order valence-corrected chi connectivity index (χ1v) is 5.70. The monoisotopic (exact) mass is 281 g/mol. The molecule has 0 saturated carbocycles. The van der Waals surface area contributed by atoms with Crippen molar-refractivity contribution in [3.05, 3.63) is 29.8 Å². The van der Waals surface area contributed by atoms with Crippen LogP contribution in [0.25, 0.3) is 0 Å². The summed E-state index contributed by atoms with van der Waals surface area (Å²) in [5, 5.41) is 21.7. The van der Waals surface area contributed by atoms with Gasteiger partial charge < -0.3 is 26.6 Å². The van der Waals surface area contributed by atoms with Crippen LogP contribution in [0.3, 0.4) is 0 Å². The maximum atomic E-state index is 11.7. The number of hydrogen-bond donors (Lipinski definition) is 5. The molecule has 108 valence electrons. The molecule has 0 saturated heterocycles. The number of carboxylic acid groups (broad SMARTS) is 1. The fraction of sp³-hybridized carbons (Fsp3) is 0.250. The number of nitrogen functional groups attached to an aromatic ring is 1. The first-order chi connectivity index (χ1) is 9.43. The van der Waals surface area contributed by atoms with Crippen LogP contribution in [0.5, 0.6) is 0 Å². The Balaban J connectivity index is 2.46. The van der Waals surface area contributed by atoms with Gasteiger partial charge in [0.2, 0.25) is 5.91 Å². The molecule has 0 heterocycles. The van der Waals surface area contributed by atoms with E-state index in [1.807, 2.05) is 0 Å². The molecule has 0 aliphatic carbocycles. The van der Waals surface area contributed by atoms with E-state index in [4.69, 9.17) is 15.9 Å². The number of aliphatic hydroxyl groups is 1. The number of amides is 2. The highest BCUT2D eigenvalue weighted by Gasteiger charge is 2.18. The van der Waals surface area contributed by atoms with Crippen molar-refractivity contribution in [3.63, 3.8) is 0 Å². The summed E-state index contributed by atoms with van der Waals surface area (Å²) < 4.78 is 0. The third-order valence-electron chi connectivity index (χ3n) is 2.40. The third kappa shape index (κ3) is 4.58. The van der Waals surface area contributed by atoms with E-state index in [1.54, 1.807) is 12.1 Å². The van der Waals surface area contributed by atoms with E-state index in [0.717, 1.165) is 0 Å². The minimum absolute atomic E-state index is 0.323. The van der Waals surface area contributed by atoms with Crippen molar-refractivity contribution >= 4 is 23.5 Å². The second kappa shape index (κ2) is 7.10. The number of aliphatic hydroxyl groups excluding tert-OH is 1. The Morgan fingerprint density at radius 1 is 1.20 bits per heavy atom. The number of carboxylic acids is 1. The molecular weight excluding hydrogens is 266 g/mol. The number of anilines is 1. The zero-order valence-electron chi connectivity index (χ0n) is 10.5. The molecule has 20 heavy (non-hydrogen) atoms. The Labute approximate surface area is 114 Å². The van der Waals surface area contributed by atoms with Gasteiger partial charge in [0, 0.05) is 11.3 Å². The van der Waals surface area contributed by atoms with Crippen molar-refractivity contribution in [1.82, 2.24) is 10.6 Å². The van der Waals surface area contributed by atoms with E-state index < -0.39 is 37.0 Å². The zero-order chi connectivity index (χ0) is 15.1. The maximum absolute atomic E-state index is 11.7.